The van der Waals surface area contributed by atoms with Crippen molar-refractivity contribution in [3.63, 3.8) is 0 Å². The van der Waals surface area contributed by atoms with Crippen LogP contribution in [0.2, 0.25) is 0 Å². The van der Waals surface area contributed by atoms with Gasteiger partial charge in [-0.1, -0.05) is 140 Å². The first kappa shape index (κ1) is 30.7. The van der Waals surface area contributed by atoms with Crippen LogP contribution >= 0.6 is 23.5 Å². The predicted octanol–water partition coefficient (Wildman–Crippen LogP) is 14.8. The third-order valence-corrected chi connectivity index (χ3v) is 14.5. The number of fused-ring (bicyclic) bond motifs is 14. The van der Waals surface area contributed by atoms with E-state index in [-0.39, 0.29) is 5.41 Å². The van der Waals surface area contributed by atoms with Crippen molar-refractivity contribution in [2.75, 3.05) is 0 Å². The van der Waals surface area contributed by atoms with Crippen LogP contribution in [-0.4, -0.2) is 4.57 Å². The van der Waals surface area contributed by atoms with Crippen molar-refractivity contribution >= 4 is 77.6 Å². The minimum atomic E-state index is -0.106. The molecule has 0 amide bonds. The van der Waals surface area contributed by atoms with Gasteiger partial charge in [-0.3, -0.25) is 0 Å². The number of hydrogen-bond donors (Lipinski definition) is 0. The molecule has 0 N–H and O–H groups in total. The summed E-state index contributed by atoms with van der Waals surface area (Å²) in [5.74, 6) is 0. The zero-order valence-electron chi connectivity index (χ0n) is 29.9. The highest BCUT2D eigenvalue weighted by atomic mass is 32.2. The van der Waals surface area contributed by atoms with Gasteiger partial charge in [0.1, 0.15) is 0 Å². The van der Waals surface area contributed by atoms with Crippen LogP contribution in [0.25, 0.3) is 82.1 Å². The Morgan fingerprint density at radius 2 is 0.926 bits per heavy atom. The van der Waals surface area contributed by atoms with Gasteiger partial charge >= 0.3 is 0 Å². The Kier molecular flexibility index (Phi) is 6.33. The van der Waals surface area contributed by atoms with E-state index in [2.05, 4.69) is 182 Å². The fraction of sp³-hybridized carbons (Fsp3) is 0.0588. The highest BCUT2D eigenvalue weighted by molar-refractivity contribution is 8.05. The Balaban J connectivity index is 1.05. The number of aromatic nitrogens is 1. The van der Waals surface area contributed by atoms with E-state index in [1.54, 1.807) is 0 Å². The number of rotatable bonds is 2. The molecule has 0 unspecified atom stereocenters. The molecule has 0 bridgehead atoms. The van der Waals surface area contributed by atoms with Gasteiger partial charge in [-0.2, -0.15) is 0 Å². The quantitative estimate of drug-likeness (QED) is 0.164. The van der Waals surface area contributed by atoms with E-state index in [1.807, 2.05) is 23.5 Å². The Morgan fingerprint density at radius 1 is 0.370 bits per heavy atom. The molecule has 12 rings (SSSR count). The van der Waals surface area contributed by atoms with E-state index in [0.717, 1.165) is 0 Å². The van der Waals surface area contributed by atoms with Gasteiger partial charge in [0.05, 0.1) is 11.0 Å². The molecule has 0 spiro atoms. The Bertz CT molecular complexity index is 3220. The van der Waals surface area contributed by atoms with E-state index in [9.17, 15) is 0 Å². The zero-order chi connectivity index (χ0) is 35.7. The minimum Gasteiger partial charge on any atom is -0.309 e. The number of para-hydroxylation sites is 1. The molecule has 0 fully saturated rings. The van der Waals surface area contributed by atoms with Gasteiger partial charge in [-0.05, 0) is 126 Å². The molecule has 0 saturated carbocycles. The lowest BCUT2D eigenvalue weighted by molar-refractivity contribution is 0.658. The van der Waals surface area contributed by atoms with Gasteiger partial charge in [-0.15, -0.1) is 0 Å². The summed E-state index contributed by atoms with van der Waals surface area (Å²) in [7, 11) is 0. The van der Waals surface area contributed by atoms with Crippen LogP contribution < -0.4 is 0 Å². The molecule has 3 heteroatoms. The van der Waals surface area contributed by atoms with Crippen molar-refractivity contribution < 1.29 is 0 Å². The van der Waals surface area contributed by atoms with E-state index >= 15 is 0 Å². The summed E-state index contributed by atoms with van der Waals surface area (Å²) in [5, 5.41) is 10.4. The van der Waals surface area contributed by atoms with Crippen molar-refractivity contribution in [2.24, 2.45) is 0 Å². The third-order valence-electron chi connectivity index (χ3n) is 12.0. The van der Waals surface area contributed by atoms with Crippen molar-refractivity contribution in [2.45, 2.75) is 38.8 Å². The number of benzene rings is 9. The van der Waals surface area contributed by atoms with E-state index in [1.165, 1.54) is 113 Å². The summed E-state index contributed by atoms with van der Waals surface area (Å²) in [6, 6.07) is 61.5. The molecule has 10 aromatic rings. The lowest BCUT2D eigenvalue weighted by Crippen LogP contribution is -2.15. The topological polar surface area (TPSA) is 4.93 Å². The normalized spacial score (nSPS) is 14.1. The molecule has 0 saturated heterocycles. The van der Waals surface area contributed by atoms with E-state index < -0.39 is 0 Å². The van der Waals surface area contributed by atoms with Crippen molar-refractivity contribution in [3.8, 4) is 27.9 Å². The summed E-state index contributed by atoms with van der Waals surface area (Å²) in [6.45, 7) is 4.81. The standard InChI is InChI=1S/C51H33NS2/c1-51(2)43-26-42-38-18-7-8-19-45(38)52(46(42)27-40(43)41-28-49-50(29-44(41)51)54-48-21-10-9-20-47(48)53-49)32-13-11-12-30(24-32)31-22-23-37-35-16-4-3-14-33(35)34-15-5-6-17-36(34)39(37)25-31/h3-29H,1-2H3. The molecule has 1 aliphatic heterocycles. The van der Waals surface area contributed by atoms with Crippen LogP contribution in [0.4, 0.5) is 0 Å². The van der Waals surface area contributed by atoms with Crippen LogP contribution in [0, 0.1) is 0 Å². The van der Waals surface area contributed by atoms with Crippen LogP contribution in [0.3, 0.4) is 0 Å². The zero-order valence-corrected chi connectivity index (χ0v) is 31.5. The maximum absolute atomic E-state index is 2.50. The minimum absolute atomic E-state index is 0.106. The van der Waals surface area contributed by atoms with Gasteiger partial charge < -0.3 is 4.57 Å². The first-order chi connectivity index (χ1) is 26.5. The van der Waals surface area contributed by atoms with Crippen molar-refractivity contribution in [1.29, 1.82) is 0 Å². The monoisotopic (exact) mass is 723 g/mol. The number of nitrogens with zero attached hydrogens (tertiary/aromatic N) is 1. The summed E-state index contributed by atoms with van der Waals surface area (Å²) >= 11 is 3.82. The predicted molar refractivity (Wildman–Crippen MR) is 231 cm³/mol. The van der Waals surface area contributed by atoms with Crippen LogP contribution in [0.1, 0.15) is 25.0 Å². The highest BCUT2D eigenvalue weighted by Crippen LogP contribution is 2.56. The van der Waals surface area contributed by atoms with Gasteiger partial charge in [0.15, 0.2) is 0 Å². The second-order valence-electron chi connectivity index (χ2n) is 15.3. The third kappa shape index (κ3) is 4.25. The summed E-state index contributed by atoms with van der Waals surface area (Å²) in [5.41, 5.74) is 11.5. The molecule has 1 aliphatic carbocycles. The molecule has 1 nitrogen and oxygen atoms in total. The molecule has 254 valence electrons. The average Bonchev–Trinajstić information content (AvgIpc) is 3.65. The molecule has 0 atom stereocenters. The first-order valence-corrected chi connectivity index (χ1v) is 20.3. The Labute approximate surface area is 322 Å². The molecular weight excluding hydrogens is 691 g/mol. The smallest absolute Gasteiger partial charge is 0.0547 e. The number of hydrogen-bond acceptors (Lipinski definition) is 2. The molecule has 2 aliphatic rings. The molecule has 9 aromatic carbocycles. The maximum atomic E-state index is 2.50. The maximum Gasteiger partial charge on any atom is 0.0547 e. The molecular formula is C51H33NS2. The SMILES string of the molecule is CC1(C)c2cc3c(cc2-c2cc4c(cc21)c1ccccc1n4-c1cccc(-c2ccc4c5ccccc5c5ccccc5c4c2)c1)Sc1ccccc1S3. The summed E-state index contributed by atoms with van der Waals surface area (Å²) in [6.07, 6.45) is 0. The van der Waals surface area contributed by atoms with Gasteiger partial charge in [0.25, 0.3) is 0 Å². The van der Waals surface area contributed by atoms with Crippen molar-refractivity contribution in [1.82, 2.24) is 4.57 Å². The average molecular weight is 724 g/mol. The highest BCUT2D eigenvalue weighted by Gasteiger charge is 2.38. The molecule has 0 radical (unpaired) electrons. The van der Waals surface area contributed by atoms with E-state index in [4.69, 9.17) is 0 Å². The second kappa shape index (κ2) is 11.1. The second-order valence-corrected chi connectivity index (χ2v) is 17.5. The fourth-order valence-corrected chi connectivity index (χ4v) is 11.7. The summed E-state index contributed by atoms with van der Waals surface area (Å²) in [4.78, 5) is 5.41. The Morgan fingerprint density at radius 3 is 1.65 bits per heavy atom. The van der Waals surface area contributed by atoms with Gasteiger partial charge in [-0.25, -0.2) is 0 Å². The van der Waals surface area contributed by atoms with Crippen LogP contribution in [0.15, 0.2) is 183 Å². The van der Waals surface area contributed by atoms with Gasteiger partial charge in [0, 0.05) is 41.5 Å². The summed E-state index contributed by atoms with van der Waals surface area (Å²) < 4.78 is 2.49. The Hall–Kier alpha value is -5.74. The van der Waals surface area contributed by atoms with Crippen LogP contribution in [-0.2, 0) is 5.41 Å². The lowest BCUT2D eigenvalue weighted by atomic mass is 9.82. The van der Waals surface area contributed by atoms with Crippen molar-refractivity contribution in [3.05, 3.63) is 175 Å². The fourth-order valence-electron chi connectivity index (χ4n) is 9.41. The van der Waals surface area contributed by atoms with Gasteiger partial charge in [0.2, 0.25) is 0 Å². The molecule has 2 heterocycles. The van der Waals surface area contributed by atoms with Crippen LogP contribution in [0.5, 0.6) is 0 Å². The molecule has 54 heavy (non-hydrogen) atoms. The largest absolute Gasteiger partial charge is 0.309 e. The lowest BCUT2D eigenvalue weighted by Gasteiger charge is -2.24. The van der Waals surface area contributed by atoms with E-state index in [0.29, 0.717) is 0 Å². The first-order valence-electron chi connectivity index (χ1n) is 18.7. The molecule has 1 aromatic heterocycles.